The highest BCUT2D eigenvalue weighted by atomic mass is 79.9. The van der Waals surface area contributed by atoms with Crippen molar-refractivity contribution in [2.45, 2.75) is 32.9 Å². The van der Waals surface area contributed by atoms with E-state index in [1.54, 1.807) is 4.90 Å². The summed E-state index contributed by atoms with van der Waals surface area (Å²) in [6.07, 6.45) is 0.340. The molecule has 0 bridgehead atoms. The van der Waals surface area contributed by atoms with Crippen LogP contribution in [0.1, 0.15) is 30.5 Å². The summed E-state index contributed by atoms with van der Waals surface area (Å²) < 4.78 is 0.930. The zero-order chi connectivity index (χ0) is 22.1. The average Bonchev–Trinajstić information content (AvgIpc) is 2.74. The Kier molecular flexibility index (Phi) is 6.51. The Morgan fingerprint density at radius 1 is 1.06 bits per heavy atom. The van der Waals surface area contributed by atoms with Crippen molar-refractivity contribution < 1.29 is 9.90 Å². The van der Waals surface area contributed by atoms with Crippen LogP contribution in [0.4, 0.5) is 10.5 Å². The Labute approximate surface area is 193 Å². The number of urea groups is 1. The Morgan fingerprint density at radius 3 is 2.55 bits per heavy atom. The van der Waals surface area contributed by atoms with Gasteiger partial charge in [0.2, 0.25) is 0 Å². The maximum absolute atomic E-state index is 13.4. The topological polar surface area (TPSA) is 47.0 Å². The summed E-state index contributed by atoms with van der Waals surface area (Å²) in [4.78, 5) is 19.1. The van der Waals surface area contributed by atoms with Gasteiger partial charge in [-0.15, -0.1) is 0 Å². The highest BCUT2D eigenvalue weighted by Gasteiger charge is 2.35. The lowest BCUT2D eigenvalue weighted by Crippen LogP contribution is -2.51. The first kappa shape index (κ1) is 22.1. The second kappa shape index (κ2) is 9.15. The molecular formula is C25H30BrN3O2. The summed E-state index contributed by atoms with van der Waals surface area (Å²) in [5.41, 5.74) is 5.16. The number of β-amino-alcohol motifs (C(OH)–C–C–N with tert-alkyl or cyclic N) is 1. The molecule has 2 aromatic carbocycles. The van der Waals surface area contributed by atoms with Gasteiger partial charge in [-0.3, -0.25) is 14.7 Å². The van der Waals surface area contributed by atoms with Gasteiger partial charge in [-0.05, 0) is 41.7 Å². The Morgan fingerprint density at radius 2 is 1.81 bits per heavy atom. The molecule has 0 radical (unpaired) electrons. The lowest BCUT2D eigenvalue weighted by molar-refractivity contribution is 0.0892. The predicted molar refractivity (Wildman–Crippen MR) is 129 cm³/mol. The second-order valence-corrected chi connectivity index (χ2v) is 9.83. The molecule has 0 spiro atoms. The molecule has 0 aromatic heterocycles. The van der Waals surface area contributed by atoms with Crippen molar-refractivity contribution in [1.82, 2.24) is 9.80 Å². The third kappa shape index (κ3) is 4.71. The third-order valence-electron chi connectivity index (χ3n) is 5.97. The quantitative estimate of drug-likeness (QED) is 0.645. The van der Waals surface area contributed by atoms with Crippen molar-refractivity contribution >= 4 is 33.3 Å². The predicted octanol–water partition coefficient (Wildman–Crippen LogP) is 4.74. The third-order valence-corrected chi connectivity index (χ3v) is 6.46. The van der Waals surface area contributed by atoms with Crippen molar-refractivity contribution in [2.75, 3.05) is 31.1 Å². The van der Waals surface area contributed by atoms with Gasteiger partial charge in [0.05, 0.1) is 18.3 Å². The summed E-state index contributed by atoms with van der Waals surface area (Å²) in [7, 11) is 0. The normalized spacial score (nSPS) is 17.7. The second-order valence-electron chi connectivity index (χ2n) is 8.91. The maximum atomic E-state index is 13.4. The number of hydrogen-bond acceptors (Lipinski definition) is 3. The molecule has 31 heavy (non-hydrogen) atoms. The van der Waals surface area contributed by atoms with Gasteiger partial charge in [-0.2, -0.15) is 0 Å². The van der Waals surface area contributed by atoms with Crippen molar-refractivity contribution in [1.29, 1.82) is 0 Å². The molecule has 2 aromatic rings. The van der Waals surface area contributed by atoms with Crippen LogP contribution in [0.5, 0.6) is 0 Å². The first-order chi connectivity index (χ1) is 14.8. The molecule has 164 valence electrons. The van der Waals surface area contributed by atoms with Gasteiger partial charge in [-0.25, -0.2) is 4.79 Å². The molecule has 2 heterocycles. The van der Waals surface area contributed by atoms with Gasteiger partial charge in [0, 0.05) is 41.9 Å². The van der Waals surface area contributed by atoms with E-state index < -0.39 is 6.10 Å². The molecule has 0 saturated carbocycles. The van der Waals surface area contributed by atoms with Crippen LogP contribution in [0.2, 0.25) is 0 Å². The molecule has 1 atom stereocenters. The van der Waals surface area contributed by atoms with Crippen LogP contribution in [-0.2, 0) is 13.0 Å². The Bertz CT molecular complexity index is 990. The van der Waals surface area contributed by atoms with Crippen molar-refractivity contribution in [3.63, 3.8) is 0 Å². The van der Waals surface area contributed by atoms with Gasteiger partial charge in [-0.1, -0.05) is 60.6 Å². The number of carbonyl (C=O) groups is 1. The van der Waals surface area contributed by atoms with Crippen LogP contribution in [0.25, 0.3) is 5.70 Å². The SMILES string of the molecule is C=C1c2ccc(Br)cc2N(CC(C)C)C(=O)N1CC(O)CN1CCc2ccccc2C1. The Hall–Kier alpha value is -2.15. The lowest BCUT2D eigenvalue weighted by atomic mass is 9.99. The van der Waals surface area contributed by atoms with Crippen molar-refractivity contribution in [2.24, 2.45) is 5.92 Å². The number of hydrogen-bond donors (Lipinski definition) is 1. The minimum Gasteiger partial charge on any atom is -0.390 e. The number of nitrogens with zero attached hydrogens (tertiary/aromatic N) is 3. The largest absolute Gasteiger partial charge is 0.390 e. The fourth-order valence-electron chi connectivity index (χ4n) is 4.49. The highest BCUT2D eigenvalue weighted by Crippen LogP contribution is 2.37. The molecule has 2 amide bonds. The lowest BCUT2D eigenvalue weighted by Gasteiger charge is -2.40. The number of aliphatic hydroxyl groups excluding tert-OH is 1. The van der Waals surface area contributed by atoms with Crippen LogP contribution >= 0.6 is 15.9 Å². The molecule has 6 heteroatoms. The van der Waals surface area contributed by atoms with E-state index in [0.29, 0.717) is 24.7 Å². The molecule has 0 fully saturated rings. The molecule has 1 unspecified atom stereocenters. The Balaban J connectivity index is 1.49. The standard InChI is InChI=1S/C25H30BrN3O2/c1-17(2)13-29-24-12-21(26)8-9-23(24)18(3)28(25(29)31)16-22(30)15-27-11-10-19-6-4-5-7-20(19)14-27/h4-9,12,17,22,30H,3,10-11,13-16H2,1-2H3. The smallest absolute Gasteiger partial charge is 0.329 e. The van der Waals surface area contributed by atoms with Gasteiger partial charge in [0.15, 0.2) is 0 Å². The summed E-state index contributed by atoms with van der Waals surface area (Å²) in [6, 6.07) is 14.3. The first-order valence-corrected chi connectivity index (χ1v) is 11.7. The fourth-order valence-corrected chi connectivity index (χ4v) is 4.84. The average molecular weight is 484 g/mol. The maximum Gasteiger partial charge on any atom is 0.329 e. The molecule has 0 saturated heterocycles. The molecule has 1 N–H and O–H groups in total. The van der Waals surface area contributed by atoms with E-state index in [0.717, 1.165) is 35.2 Å². The molecule has 2 aliphatic heterocycles. The van der Waals surface area contributed by atoms with Crippen LogP contribution in [0, 0.1) is 5.92 Å². The number of carbonyl (C=O) groups excluding carboxylic acids is 1. The fraction of sp³-hybridized carbons (Fsp3) is 0.400. The van der Waals surface area contributed by atoms with Gasteiger partial charge >= 0.3 is 6.03 Å². The monoisotopic (exact) mass is 483 g/mol. The molecule has 2 aliphatic rings. The van der Waals surface area contributed by atoms with E-state index in [1.807, 2.05) is 23.1 Å². The van der Waals surface area contributed by atoms with E-state index in [-0.39, 0.29) is 12.6 Å². The summed E-state index contributed by atoms with van der Waals surface area (Å²) >= 11 is 3.52. The number of rotatable bonds is 6. The summed E-state index contributed by atoms with van der Waals surface area (Å²) in [5, 5.41) is 10.9. The van der Waals surface area contributed by atoms with E-state index in [1.165, 1.54) is 11.1 Å². The minimum absolute atomic E-state index is 0.118. The van der Waals surface area contributed by atoms with Gasteiger partial charge in [0.25, 0.3) is 0 Å². The molecule has 4 rings (SSSR count). The summed E-state index contributed by atoms with van der Waals surface area (Å²) in [5.74, 6) is 0.322. The number of anilines is 1. The van der Waals surface area contributed by atoms with Crippen LogP contribution in [0.3, 0.4) is 0 Å². The molecular weight excluding hydrogens is 454 g/mol. The van der Waals surface area contributed by atoms with E-state index in [2.05, 4.69) is 65.5 Å². The zero-order valence-electron chi connectivity index (χ0n) is 18.2. The molecule has 0 aliphatic carbocycles. The zero-order valence-corrected chi connectivity index (χ0v) is 19.8. The van der Waals surface area contributed by atoms with Crippen LogP contribution < -0.4 is 4.90 Å². The number of fused-ring (bicyclic) bond motifs is 2. The van der Waals surface area contributed by atoms with E-state index in [4.69, 9.17) is 0 Å². The van der Waals surface area contributed by atoms with E-state index in [9.17, 15) is 9.90 Å². The van der Waals surface area contributed by atoms with Crippen molar-refractivity contribution in [3.05, 3.63) is 70.2 Å². The first-order valence-electron chi connectivity index (χ1n) is 10.9. The van der Waals surface area contributed by atoms with Crippen LogP contribution in [0.15, 0.2) is 53.5 Å². The number of amides is 2. The number of aliphatic hydroxyl groups is 1. The minimum atomic E-state index is -0.649. The summed E-state index contributed by atoms with van der Waals surface area (Å²) in [6.45, 7) is 11.5. The highest BCUT2D eigenvalue weighted by molar-refractivity contribution is 9.10. The van der Waals surface area contributed by atoms with Gasteiger partial charge in [0.1, 0.15) is 0 Å². The number of halogens is 1. The van der Waals surface area contributed by atoms with Crippen LogP contribution in [-0.4, -0.2) is 53.2 Å². The molecule has 5 nitrogen and oxygen atoms in total. The van der Waals surface area contributed by atoms with Crippen molar-refractivity contribution in [3.8, 4) is 0 Å². The number of benzene rings is 2. The van der Waals surface area contributed by atoms with Gasteiger partial charge < -0.3 is 5.11 Å². The van der Waals surface area contributed by atoms with E-state index >= 15 is 0 Å².